The highest BCUT2D eigenvalue weighted by molar-refractivity contribution is 5.97. The first-order chi connectivity index (χ1) is 21.5. The second kappa shape index (κ2) is 13.9. The second-order valence-electron chi connectivity index (χ2n) is 12.1. The van der Waals surface area contributed by atoms with Gasteiger partial charge in [-0.3, -0.25) is 9.69 Å². The highest BCUT2D eigenvalue weighted by Gasteiger charge is 2.27. The standard InChI is InChI=1S/C33H44N8O3/c1-39-16-18-41(19-17-39)27-10-14-40(15-11-27)26-8-6-24(7-9-26)35-33-30(31(34)43)37-29(28-5-3-2-4-23(28)22-42)32(38-33)36-25-12-20-44-21-13-25/h2-9,25,27,42H,10-22H2,1H3,(H2,34,43)(H2,35,36,38). The number of anilines is 4. The minimum atomic E-state index is -0.680. The molecule has 0 spiro atoms. The number of likely N-dealkylation sites (N-methyl/N-ethyl adjacent to an activating group) is 1. The molecule has 1 amide bonds. The van der Waals surface area contributed by atoms with E-state index in [2.05, 4.69) is 44.5 Å². The van der Waals surface area contributed by atoms with Gasteiger partial charge in [-0.2, -0.15) is 0 Å². The Morgan fingerprint density at radius 1 is 0.932 bits per heavy atom. The Morgan fingerprint density at radius 3 is 2.32 bits per heavy atom. The maximum absolute atomic E-state index is 12.6. The molecule has 3 aliphatic heterocycles. The van der Waals surface area contributed by atoms with Crippen LogP contribution in [0.4, 0.5) is 23.0 Å². The summed E-state index contributed by atoms with van der Waals surface area (Å²) in [7, 11) is 2.20. The fourth-order valence-electron chi connectivity index (χ4n) is 6.48. The molecule has 3 saturated heterocycles. The largest absolute Gasteiger partial charge is 0.392 e. The quantitative estimate of drug-likeness (QED) is 0.290. The van der Waals surface area contributed by atoms with E-state index in [0.29, 0.717) is 41.9 Å². The number of hydrogen-bond donors (Lipinski definition) is 4. The number of rotatable bonds is 9. The maximum atomic E-state index is 12.6. The fourth-order valence-corrected chi connectivity index (χ4v) is 6.48. The van der Waals surface area contributed by atoms with Gasteiger partial charge >= 0.3 is 0 Å². The molecule has 11 heteroatoms. The molecule has 0 saturated carbocycles. The molecule has 0 unspecified atom stereocenters. The number of piperazine rings is 1. The molecule has 6 rings (SSSR count). The van der Waals surface area contributed by atoms with Crippen molar-refractivity contribution in [2.24, 2.45) is 5.73 Å². The number of benzene rings is 2. The Bertz CT molecular complexity index is 1410. The topological polar surface area (TPSA) is 132 Å². The third-order valence-corrected chi connectivity index (χ3v) is 9.15. The summed E-state index contributed by atoms with van der Waals surface area (Å²) >= 11 is 0. The van der Waals surface area contributed by atoms with E-state index < -0.39 is 5.91 Å². The number of piperidine rings is 1. The number of aliphatic hydroxyl groups excluding tert-OH is 1. The second-order valence-corrected chi connectivity index (χ2v) is 12.1. The van der Waals surface area contributed by atoms with Gasteiger partial charge in [0.05, 0.1) is 6.61 Å². The van der Waals surface area contributed by atoms with Crippen LogP contribution in [0.1, 0.15) is 41.7 Å². The summed E-state index contributed by atoms with van der Waals surface area (Å²) in [5.74, 6) is 0.142. The number of ether oxygens (including phenoxy) is 1. The number of carbonyl (C=O) groups is 1. The van der Waals surface area contributed by atoms with E-state index in [1.807, 2.05) is 36.4 Å². The fraction of sp³-hybridized carbons (Fsp3) is 0.485. The van der Waals surface area contributed by atoms with Crippen LogP contribution in [0.5, 0.6) is 0 Å². The molecular formula is C33H44N8O3. The lowest BCUT2D eigenvalue weighted by atomic mass is 10.0. The van der Waals surface area contributed by atoms with Crippen molar-refractivity contribution in [2.45, 2.75) is 44.4 Å². The Morgan fingerprint density at radius 2 is 1.64 bits per heavy atom. The maximum Gasteiger partial charge on any atom is 0.271 e. The molecule has 5 N–H and O–H groups in total. The summed E-state index contributed by atoms with van der Waals surface area (Å²) in [6.07, 6.45) is 4.01. The lowest BCUT2D eigenvalue weighted by molar-refractivity contribution is 0.0904. The van der Waals surface area contributed by atoms with E-state index in [1.165, 1.54) is 31.6 Å². The van der Waals surface area contributed by atoms with E-state index in [4.69, 9.17) is 20.4 Å². The van der Waals surface area contributed by atoms with Crippen LogP contribution in [0.15, 0.2) is 48.5 Å². The Kier molecular flexibility index (Phi) is 9.56. The predicted octanol–water partition coefficient (Wildman–Crippen LogP) is 3.29. The minimum Gasteiger partial charge on any atom is -0.392 e. The van der Waals surface area contributed by atoms with E-state index in [9.17, 15) is 9.90 Å². The molecule has 2 aromatic carbocycles. The lowest BCUT2D eigenvalue weighted by Gasteiger charge is -2.42. The molecule has 0 bridgehead atoms. The van der Waals surface area contributed by atoms with Crippen molar-refractivity contribution < 1.29 is 14.6 Å². The van der Waals surface area contributed by atoms with Gasteiger partial charge in [0.25, 0.3) is 5.91 Å². The SMILES string of the molecule is CN1CCN(C2CCN(c3ccc(Nc4nc(NC5CCOCC5)c(-c5ccccc5CO)nc4C(N)=O)cc3)CC2)CC1. The first kappa shape index (κ1) is 30.3. The van der Waals surface area contributed by atoms with Crippen LogP contribution < -0.4 is 21.3 Å². The zero-order chi connectivity index (χ0) is 30.5. The molecule has 234 valence electrons. The smallest absolute Gasteiger partial charge is 0.271 e. The van der Waals surface area contributed by atoms with Gasteiger partial charge in [-0.05, 0) is 62.6 Å². The molecule has 0 atom stereocenters. The van der Waals surface area contributed by atoms with Crippen molar-refractivity contribution in [3.8, 4) is 11.3 Å². The number of aliphatic hydroxyl groups is 1. The molecule has 44 heavy (non-hydrogen) atoms. The van der Waals surface area contributed by atoms with Gasteiger partial charge in [0.15, 0.2) is 17.3 Å². The molecule has 0 radical (unpaired) electrons. The molecule has 1 aromatic heterocycles. The van der Waals surface area contributed by atoms with Gasteiger partial charge in [0.2, 0.25) is 0 Å². The van der Waals surface area contributed by atoms with Crippen molar-refractivity contribution in [3.05, 3.63) is 59.8 Å². The average molecular weight is 601 g/mol. The van der Waals surface area contributed by atoms with Crippen LogP contribution in [0.2, 0.25) is 0 Å². The molecule has 3 fully saturated rings. The molecular weight excluding hydrogens is 556 g/mol. The first-order valence-corrected chi connectivity index (χ1v) is 15.8. The normalized spacial score (nSPS) is 19.2. The number of nitrogens with zero attached hydrogens (tertiary/aromatic N) is 5. The zero-order valence-corrected chi connectivity index (χ0v) is 25.5. The number of hydrogen-bond acceptors (Lipinski definition) is 10. The van der Waals surface area contributed by atoms with Crippen molar-refractivity contribution >= 4 is 28.9 Å². The van der Waals surface area contributed by atoms with E-state index in [1.54, 1.807) is 0 Å². The van der Waals surface area contributed by atoms with Gasteiger partial charge in [-0.25, -0.2) is 9.97 Å². The number of carbonyl (C=O) groups excluding carboxylic acids is 1. The van der Waals surface area contributed by atoms with Crippen LogP contribution in [-0.4, -0.2) is 102 Å². The molecule has 11 nitrogen and oxygen atoms in total. The third-order valence-electron chi connectivity index (χ3n) is 9.15. The summed E-state index contributed by atoms with van der Waals surface area (Å²) in [6, 6.07) is 16.5. The van der Waals surface area contributed by atoms with Crippen molar-refractivity contribution in [1.82, 2.24) is 19.8 Å². The van der Waals surface area contributed by atoms with Crippen LogP contribution in [-0.2, 0) is 11.3 Å². The molecule has 0 aliphatic carbocycles. The molecule has 4 heterocycles. The number of amides is 1. The van der Waals surface area contributed by atoms with E-state index in [-0.39, 0.29) is 24.2 Å². The summed E-state index contributed by atoms with van der Waals surface area (Å²) in [6.45, 7) is 7.89. The highest BCUT2D eigenvalue weighted by atomic mass is 16.5. The Hall–Kier alpha value is -3.77. The number of nitrogens with two attached hydrogens (primary N) is 1. The van der Waals surface area contributed by atoms with E-state index >= 15 is 0 Å². The van der Waals surface area contributed by atoms with Crippen LogP contribution >= 0.6 is 0 Å². The van der Waals surface area contributed by atoms with Gasteiger partial charge in [0.1, 0.15) is 5.69 Å². The van der Waals surface area contributed by atoms with Gasteiger partial charge in [0, 0.05) is 81.5 Å². The highest BCUT2D eigenvalue weighted by Crippen LogP contribution is 2.33. The van der Waals surface area contributed by atoms with Crippen molar-refractivity contribution in [3.63, 3.8) is 0 Å². The first-order valence-electron chi connectivity index (χ1n) is 15.8. The van der Waals surface area contributed by atoms with Crippen LogP contribution in [0.25, 0.3) is 11.3 Å². The zero-order valence-electron chi connectivity index (χ0n) is 25.5. The molecule has 3 aromatic rings. The average Bonchev–Trinajstić information content (AvgIpc) is 3.06. The lowest BCUT2D eigenvalue weighted by Crippen LogP contribution is -2.52. The summed E-state index contributed by atoms with van der Waals surface area (Å²) in [5, 5.41) is 16.9. The predicted molar refractivity (Wildman–Crippen MR) is 173 cm³/mol. The van der Waals surface area contributed by atoms with Crippen molar-refractivity contribution in [1.29, 1.82) is 0 Å². The Labute approximate surface area is 259 Å². The van der Waals surface area contributed by atoms with Crippen LogP contribution in [0, 0.1) is 0 Å². The monoisotopic (exact) mass is 600 g/mol. The van der Waals surface area contributed by atoms with Crippen molar-refractivity contribution in [2.75, 3.05) is 75.1 Å². The number of aromatic nitrogens is 2. The van der Waals surface area contributed by atoms with Gasteiger partial charge in [-0.15, -0.1) is 0 Å². The third kappa shape index (κ3) is 6.96. The van der Waals surface area contributed by atoms with Gasteiger partial charge < -0.3 is 36.0 Å². The summed E-state index contributed by atoms with van der Waals surface area (Å²) < 4.78 is 5.54. The number of primary amides is 1. The van der Waals surface area contributed by atoms with Crippen LogP contribution in [0.3, 0.4) is 0 Å². The minimum absolute atomic E-state index is 0.0420. The summed E-state index contributed by atoms with van der Waals surface area (Å²) in [4.78, 5) is 29.8. The molecule has 3 aliphatic rings. The van der Waals surface area contributed by atoms with Gasteiger partial charge in [-0.1, -0.05) is 24.3 Å². The van der Waals surface area contributed by atoms with E-state index in [0.717, 1.165) is 44.7 Å². The summed E-state index contributed by atoms with van der Waals surface area (Å²) in [5.41, 5.74) is 9.73. The Balaban J connectivity index is 1.21. The number of nitrogens with one attached hydrogen (secondary N) is 2.